The van der Waals surface area contributed by atoms with Gasteiger partial charge in [-0.05, 0) is 42.5 Å². The Morgan fingerprint density at radius 2 is 2.12 bits per heavy atom. The van der Waals surface area contributed by atoms with Gasteiger partial charge in [0.1, 0.15) is 0 Å². The highest BCUT2D eigenvalue weighted by Gasteiger charge is 2.53. The lowest BCUT2D eigenvalue weighted by Gasteiger charge is -2.19. The highest BCUT2D eigenvalue weighted by molar-refractivity contribution is 5.32. The minimum absolute atomic E-state index is 0.395. The second-order valence-electron chi connectivity index (χ2n) is 5.73. The van der Waals surface area contributed by atoms with Crippen LogP contribution in [0.1, 0.15) is 39.2 Å². The zero-order valence-electron chi connectivity index (χ0n) is 11.2. The molecular weight excluding hydrogens is 208 g/mol. The molecule has 2 rings (SSSR count). The van der Waals surface area contributed by atoms with Crippen molar-refractivity contribution < 1.29 is 0 Å². The number of nitrogens with one attached hydrogen (secondary N) is 1. The van der Waals surface area contributed by atoms with Crippen molar-refractivity contribution in [1.82, 2.24) is 10.3 Å². The largest absolute Gasteiger partial charge is 0.316 e. The van der Waals surface area contributed by atoms with Gasteiger partial charge >= 0.3 is 0 Å². The van der Waals surface area contributed by atoms with Gasteiger partial charge in [0.2, 0.25) is 0 Å². The van der Waals surface area contributed by atoms with Gasteiger partial charge in [-0.3, -0.25) is 4.98 Å². The summed E-state index contributed by atoms with van der Waals surface area (Å²) in [7, 11) is 0. The van der Waals surface area contributed by atoms with E-state index in [0.29, 0.717) is 5.41 Å². The normalized spacial score (nSPS) is 27.4. The van der Waals surface area contributed by atoms with Crippen molar-refractivity contribution in [2.24, 2.45) is 11.8 Å². The monoisotopic (exact) mass is 232 g/mol. The van der Waals surface area contributed by atoms with Crippen molar-refractivity contribution in [1.29, 1.82) is 0 Å². The first-order valence-corrected chi connectivity index (χ1v) is 6.80. The summed E-state index contributed by atoms with van der Waals surface area (Å²) in [6, 6.07) is 4.37. The predicted octanol–water partition coefficient (Wildman–Crippen LogP) is 2.99. The van der Waals surface area contributed by atoms with E-state index in [1.807, 2.05) is 12.4 Å². The first-order valence-electron chi connectivity index (χ1n) is 6.80. The van der Waals surface area contributed by atoms with E-state index >= 15 is 0 Å². The molecule has 0 spiro atoms. The molecule has 17 heavy (non-hydrogen) atoms. The first kappa shape index (κ1) is 12.6. The molecule has 1 aliphatic carbocycles. The predicted molar refractivity (Wildman–Crippen MR) is 72.0 cm³/mol. The third-order valence-electron chi connectivity index (χ3n) is 3.97. The molecule has 1 saturated carbocycles. The molecule has 0 aromatic carbocycles. The van der Waals surface area contributed by atoms with Crippen molar-refractivity contribution in [3.63, 3.8) is 0 Å². The van der Waals surface area contributed by atoms with Gasteiger partial charge in [-0.15, -0.1) is 0 Å². The van der Waals surface area contributed by atoms with Crippen molar-refractivity contribution in [3.05, 3.63) is 30.1 Å². The summed E-state index contributed by atoms with van der Waals surface area (Å²) in [5, 5.41) is 3.63. The summed E-state index contributed by atoms with van der Waals surface area (Å²) in [4.78, 5) is 4.13. The Balaban J connectivity index is 2.02. The zero-order chi connectivity index (χ0) is 12.3. The fraction of sp³-hybridized carbons (Fsp3) is 0.667. The molecule has 2 nitrogen and oxygen atoms in total. The second-order valence-corrected chi connectivity index (χ2v) is 5.73. The molecule has 0 bridgehead atoms. The molecule has 0 amide bonds. The minimum atomic E-state index is 0.395. The Bertz CT molecular complexity index is 347. The summed E-state index contributed by atoms with van der Waals surface area (Å²) in [6.07, 6.45) is 6.46. The van der Waals surface area contributed by atoms with Crippen LogP contribution < -0.4 is 5.32 Å². The van der Waals surface area contributed by atoms with E-state index in [1.165, 1.54) is 18.4 Å². The lowest BCUT2D eigenvalue weighted by molar-refractivity contribution is 0.483. The van der Waals surface area contributed by atoms with Crippen LogP contribution in [0.25, 0.3) is 0 Å². The van der Waals surface area contributed by atoms with Gasteiger partial charge in [-0.2, -0.15) is 0 Å². The van der Waals surface area contributed by atoms with E-state index in [1.54, 1.807) is 0 Å². The summed E-state index contributed by atoms with van der Waals surface area (Å²) in [5.74, 6) is 1.58. The molecule has 1 N–H and O–H groups in total. The highest BCUT2D eigenvalue weighted by Crippen LogP contribution is 2.55. The maximum Gasteiger partial charge on any atom is 0.0270 e. The second kappa shape index (κ2) is 5.18. The van der Waals surface area contributed by atoms with Crippen LogP contribution in [0.4, 0.5) is 0 Å². The molecule has 1 aromatic heterocycles. The molecule has 0 saturated heterocycles. The fourth-order valence-corrected chi connectivity index (χ4v) is 2.86. The van der Waals surface area contributed by atoms with Crippen LogP contribution in [0, 0.1) is 11.8 Å². The van der Waals surface area contributed by atoms with Crippen LogP contribution >= 0.6 is 0 Å². The Hall–Kier alpha value is -0.890. The van der Waals surface area contributed by atoms with E-state index in [2.05, 4.69) is 43.2 Å². The van der Waals surface area contributed by atoms with Gasteiger partial charge in [-0.1, -0.05) is 27.2 Å². The summed E-state index contributed by atoms with van der Waals surface area (Å²) < 4.78 is 0. The van der Waals surface area contributed by atoms with Crippen LogP contribution in [0.15, 0.2) is 24.5 Å². The highest BCUT2D eigenvalue weighted by atomic mass is 14.9. The van der Waals surface area contributed by atoms with E-state index in [9.17, 15) is 0 Å². The number of hydrogen-bond acceptors (Lipinski definition) is 2. The molecule has 1 aliphatic rings. The van der Waals surface area contributed by atoms with E-state index in [0.717, 1.165) is 24.9 Å². The smallest absolute Gasteiger partial charge is 0.0270 e. The third kappa shape index (κ3) is 2.68. The lowest BCUT2D eigenvalue weighted by atomic mass is 9.93. The fourth-order valence-electron chi connectivity index (χ4n) is 2.86. The van der Waals surface area contributed by atoms with Gasteiger partial charge < -0.3 is 5.32 Å². The van der Waals surface area contributed by atoms with E-state index in [-0.39, 0.29) is 0 Å². The van der Waals surface area contributed by atoms with Crippen LogP contribution in [-0.4, -0.2) is 18.1 Å². The topological polar surface area (TPSA) is 24.9 Å². The maximum atomic E-state index is 4.13. The third-order valence-corrected chi connectivity index (χ3v) is 3.97. The van der Waals surface area contributed by atoms with Crippen molar-refractivity contribution >= 4 is 0 Å². The number of hydrogen-bond donors (Lipinski definition) is 1. The summed E-state index contributed by atoms with van der Waals surface area (Å²) in [6.45, 7) is 9.06. The molecule has 0 aliphatic heterocycles. The van der Waals surface area contributed by atoms with Crippen LogP contribution in [-0.2, 0) is 5.41 Å². The zero-order valence-corrected chi connectivity index (χ0v) is 11.2. The Morgan fingerprint density at radius 3 is 2.65 bits per heavy atom. The van der Waals surface area contributed by atoms with E-state index in [4.69, 9.17) is 0 Å². The molecule has 2 heteroatoms. The number of nitrogens with zero attached hydrogens (tertiary/aromatic N) is 1. The number of rotatable bonds is 6. The Labute approximate surface area is 105 Å². The molecule has 1 heterocycles. The van der Waals surface area contributed by atoms with Gasteiger partial charge in [0.05, 0.1) is 0 Å². The Morgan fingerprint density at radius 1 is 1.41 bits per heavy atom. The molecular formula is C15H24N2. The van der Waals surface area contributed by atoms with Crippen molar-refractivity contribution in [2.75, 3.05) is 13.1 Å². The summed E-state index contributed by atoms with van der Waals surface area (Å²) in [5.41, 5.74) is 1.86. The average Bonchev–Trinajstić information content (AvgIpc) is 3.05. The van der Waals surface area contributed by atoms with Gasteiger partial charge in [0, 0.05) is 24.4 Å². The first-order chi connectivity index (χ1) is 8.19. The van der Waals surface area contributed by atoms with Gasteiger partial charge in [0.15, 0.2) is 0 Å². The molecule has 2 unspecified atom stereocenters. The number of aromatic nitrogens is 1. The molecule has 1 aromatic rings. The average molecular weight is 232 g/mol. The van der Waals surface area contributed by atoms with Crippen LogP contribution in [0.2, 0.25) is 0 Å². The van der Waals surface area contributed by atoms with Crippen molar-refractivity contribution in [2.45, 2.75) is 39.0 Å². The van der Waals surface area contributed by atoms with Crippen molar-refractivity contribution in [3.8, 4) is 0 Å². The molecule has 1 fully saturated rings. The van der Waals surface area contributed by atoms with Crippen LogP contribution in [0.5, 0.6) is 0 Å². The SMILES string of the molecule is CCC1CC1(CNCC(C)C)c1ccncc1. The maximum absolute atomic E-state index is 4.13. The quantitative estimate of drug-likeness (QED) is 0.815. The number of pyridine rings is 1. The molecule has 0 radical (unpaired) electrons. The lowest BCUT2D eigenvalue weighted by Crippen LogP contribution is -2.31. The standard InChI is InChI=1S/C15H24N2/c1-4-13-9-15(13,11-17-10-12(2)3)14-5-7-16-8-6-14/h5-8,12-13,17H,4,9-11H2,1-3H3. The summed E-state index contributed by atoms with van der Waals surface area (Å²) >= 11 is 0. The van der Waals surface area contributed by atoms with Gasteiger partial charge in [-0.25, -0.2) is 0 Å². The Kier molecular flexibility index (Phi) is 3.82. The molecule has 2 atom stereocenters. The van der Waals surface area contributed by atoms with Gasteiger partial charge in [0.25, 0.3) is 0 Å². The van der Waals surface area contributed by atoms with E-state index < -0.39 is 0 Å². The van der Waals surface area contributed by atoms with Crippen LogP contribution in [0.3, 0.4) is 0 Å². The molecule has 94 valence electrons. The minimum Gasteiger partial charge on any atom is -0.316 e.